The zero-order valence-electron chi connectivity index (χ0n) is 10.2. The molecule has 0 aliphatic heterocycles. The largest absolute Gasteiger partial charge is 0.508 e. The molecule has 0 aliphatic rings. The molecule has 0 radical (unpaired) electrons. The van der Waals surface area contributed by atoms with Crippen LogP contribution in [0.5, 0.6) is 0 Å². The van der Waals surface area contributed by atoms with Gasteiger partial charge in [0.1, 0.15) is 0 Å². The second-order valence-corrected chi connectivity index (χ2v) is 6.55. The topological polar surface area (TPSA) is 61.8 Å². The quantitative estimate of drug-likeness (QED) is 0.570. The highest BCUT2D eigenvalue weighted by Gasteiger charge is 2.26. The van der Waals surface area contributed by atoms with Gasteiger partial charge in [0.15, 0.2) is 6.16 Å². The molecule has 1 atom stereocenters. The van der Waals surface area contributed by atoms with Crippen LogP contribution in [0.4, 0.5) is 0 Å². The Morgan fingerprint density at radius 1 is 1.06 bits per heavy atom. The molecule has 96 valence electrons. The first-order valence-electron chi connectivity index (χ1n) is 5.53. The SMILES string of the molecule is CCO[P+](=O)CCCP(=O)(OCC)OCC. The van der Waals surface area contributed by atoms with Crippen molar-refractivity contribution in [3.05, 3.63) is 0 Å². The van der Waals surface area contributed by atoms with Gasteiger partial charge >= 0.3 is 15.6 Å². The summed E-state index contributed by atoms with van der Waals surface area (Å²) in [5.41, 5.74) is 0. The van der Waals surface area contributed by atoms with Gasteiger partial charge in [-0.1, -0.05) is 0 Å². The van der Waals surface area contributed by atoms with Crippen LogP contribution in [0.15, 0.2) is 0 Å². The molecule has 0 aromatic carbocycles. The van der Waals surface area contributed by atoms with Crippen molar-refractivity contribution in [3.8, 4) is 0 Å². The Labute approximate surface area is 98.3 Å². The van der Waals surface area contributed by atoms with Gasteiger partial charge < -0.3 is 9.05 Å². The van der Waals surface area contributed by atoms with E-state index in [4.69, 9.17) is 13.6 Å². The van der Waals surface area contributed by atoms with Gasteiger partial charge in [0, 0.05) is 6.42 Å². The molecule has 0 aliphatic carbocycles. The van der Waals surface area contributed by atoms with Crippen LogP contribution < -0.4 is 0 Å². The summed E-state index contributed by atoms with van der Waals surface area (Å²) in [5, 5.41) is 0. The molecule has 0 amide bonds. The summed E-state index contributed by atoms with van der Waals surface area (Å²) in [6.07, 6.45) is 1.21. The minimum atomic E-state index is -2.98. The first-order valence-corrected chi connectivity index (χ1v) is 8.62. The van der Waals surface area contributed by atoms with E-state index in [2.05, 4.69) is 0 Å². The second kappa shape index (κ2) is 9.26. The molecule has 0 aromatic heterocycles. The standard InChI is InChI=1S/C9H21O5P2/c1-4-12-15(10)8-7-9-16(11,13-5-2)14-6-3/h4-9H2,1-3H3/q+1. The van der Waals surface area contributed by atoms with E-state index < -0.39 is 15.6 Å². The predicted octanol–water partition coefficient (Wildman–Crippen LogP) is 3.42. The van der Waals surface area contributed by atoms with Crippen LogP contribution in [0.3, 0.4) is 0 Å². The van der Waals surface area contributed by atoms with Crippen molar-refractivity contribution in [2.45, 2.75) is 27.2 Å². The predicted molar refractivity (Wildman–Crippen MR) is 64.4 cm³/mol. The molecular formula is C9H21O5P2+. The summed E-state index contributed by atoms with van der Waals surface area (Å²) < 4.78 is 38.3. The second-order valence-electron chi connectivity index (χ2n) is 3.00. The number of rotatable bonds is 10. The van der Waals surface area contributed by atoms with E-state index in [-0.39, 0.29) is 0 Å². The van der Waals surface area contributed by atoms with E-state index in [0.717, 1.165) is 0 Å². The molecule has 0 rings (SSSR count). The fraction of sp³-hybridized carbons (Fsp3) is 1.00. The van der Waals surface area contributed by atoms with Crippen LogP contribution in [-0.2, 0) is 22.7 Å². The third-order valence-electron chi connectivity index (χ3n) is 1.70. The Bertz CT molecular complexity index is 234. The smallest absolute Gasteiger partial charge is 0.309 e. The van der Waals surface area contributed by atoms with Crippen molar-refractivity contribution in [3.63, 3.8) is 0 Å². The summed E-state index contributed by atoms with van der Waals surface area (Å²) in [4.78, 5) is 0. The first-order chi connectivity index (χ1) is 7.58. The number of hydrogen-bond acceptors (Lipinski definition) is 5. The molecule has 1 unspecified atom stereocenters. The van der Waals surface area contributed by atoms with Crippen molar-refractivity contribution in [1.82, 2.24) is 0 Å². The minimum absolute atomic E-state index is 0.294. The molecule has 7 heteroatoms. The lowest BCUT2D eigenvalue weighted by Gasteiger charge is -2.15. The monoisotopic (exact) mass is 271 g/mol. The lowest BCUT2D eigenvalue weighted by atomic mass is 10.6. The van der Waals surface area contributed by atoms with Crippen LogP contribution in [0.2, 0.25) is 0 Å². The van der Waals surface area contributed by atoms with Crippen molar-refractivity contribution in [2.75, 3.05) is 32.1 Å². The lowest BCUT2D eigenvalue weighted by Crippen LogP contribution is -2.01. The zero-order chi connectivity index (χ0) is 12.4. The van der Waals surface area contributed by atoms with Crippen molar-refractivity contribution < 1.29 is 22.7 Å². The summed E-state index contributed by atoms with van der Waals surface area (Å²) in [7, 11) is -4.61. The Hall–Kier alpha value is 0.210. The summed E-state index contributed by atoms with van der Waals surface area (Å²) in [6.45, 7) is 6.48. The Morgan fingerprint density at radius 2 is 1.62 bits per heavy atom. The van der Waals surface area contributed by atoms with Crippen LogP contribution in [-0.4, -0.2) is 32.1 Å². The first kappa shape index (κ1) is 16.2. The molecule has 0 bridgehead atoms. The molecule has 5 nitrogen and oxygen atoms in total. The maximum absolute atomic E-state index is 12.0. The van der Waals surface area contributed by atoms with Gasteiger partial charge in [-0.3, -0.25) is 4.57 Å². The van der Waals surface area contributed by atoms with Gasteiger partial charge in [-0.15, -0.1) is 4.52 Å². The summed E-state index contributed by atoms with van der Waals surface area (Å²) >= 11 is 0. The van der Waals surface area contributed by atoms with Gasteiger partial charge in [0.05, 0.1) is 26.0 Å². The van der Waals surface area contributed by atoms with E-state index in [9.17, 15) is 9.13 Å². The van der Waals surface area contributed by atoms with E-state index in [1.165, 1.54) is 0 Å². The fourth-order valence-electron chi connectivity index (χ4n) is 1.16. The molecular weight excluding hydrogens is 250 g/mol. The van der Waals surface area contributed by atoms with Crippen molar-refractivity contribution in [2.24, 2.45) is 0 Å². The highest BCUT2D eigenvalue weighted by atomic mass is 31.2. The molecule has 0 aromatic rings. The molecule has 0 saturated carbocycles. The molecule has 0 fully saturated rings. The third kappa shape index (κ3) is 7.48. The lowest BCUT2D eigenvalue weighted by molar-refractivity contribution is 0.220. The Kier molecular flexibility index (Phi) is 9.38. The average molecular weight is 271 g/mol. The highest BCUT2D eigenvalue weighted by molar-refractivity contribution is 7.53. The molecule has 0 spiro atoms. The van der Waals surface area contributed by atoms with Crippen LogP contribution in [0.1, 0.15) is 27.2 Å². The van der Waals surface area contributed by atoms with Crippen molar-refractivity contribution >= 4 is 15.6 Å². The van der Waals surface area contributed by atoms with Crippen molar-refractivity contribution in [1.29, 1.82) is 0 Å². The van der Waals surface area contributed by atoms with Gasteiger partial charge in [0.25, 0.3) is 0 Å². The molecule has 16 heavy (non-hydrogen) atoms. The van der Waals surface area contributed by atoms with E-state index in [1.807, 2.05) is 0 Å². The maximum Gasteiger partial charge on any atom is 0.508 e. The summed E-state index contributed by atoms with van der Waals surface area (Å²) in [5.74, 6) is 0. The summed E-state index contributed by atoms with van der Waals surface area (Å²) in [6, 6.07) is 0. The Balaban J connectivity index is 3.93. The number of hydrogen-bond donors (Lipinski definition) is 0. The van der Waals surface area contributed by atoms with Crippen LogP contribution in [0, 0.1) is 0 Å². The highest BCUT2D eigenvalue weighted by Crippen LogP contribution is 2.48. The Morgan fingerprint density at radius 3 is 2.06 bits per heavy atom. The fourth-order valence-corrected chi connectivity index (χ4v) is 3.91. The van der Waals surface area contributed by atoms with Gasteiger partial charge in [0.2, 0.25) is 0 Å². The van der Waals surface area contributed by atoms with E-state index >= 15 is 0 Å². The van der Waals surface area contributed by atoms with Crippen LogP contribution in [0.25, 0.3) is 0 Å². The van der Waals surface area contributed by atoms with Gasteiger partial charge in [-0.05, 0) is 25.3 Å². The van der Waals surface area contributed by atoms with Gasteiger partial charge in [-0.2, -0.15) is 0 Å². The third-order valence-corrected chi connectivity index (χ3v) is 5.09. The minimum Gasteiger partial charge on any atom is -0.309 e. The maximum atomic E-state index is 12.0. The van der Waals surface area contributed by atoms with E-state index in [0.29, 0.717) is 38.6 Å². The molecule has 0 saturated heterocycles. The van der Waals surface area contributed by atoms with Crippen LogP contribution >= 0.6 is 15.6 Å². The molecule has 0 heterocycles. The molecule has 0 N–H and O–H groups in total. The normalized spacial score (nSPS) is 12.8. The van der Waals surface area contributed by atoms with Gasteiger partial charge in [-0.25, -0.2) is 0 Å². The average Bonchev–Trinajstić information content (AvgIpc) is 2.18. The van der Waals surface area contributed by atoms with E-state index in [1.54, 1.807) is 20.8 Å². The zero-order valence-corrected chi connectivity index (χ0v) is 12.0.